The standard InChI is InChI=1S/C22H22ClFN4OS/c1-14(2)28(4)13-25-19-11-15(3)20(12-18(19)23)29-22-26-21(27-30-22)10-7-16-5-8-17(24)9-6-16/h5-14H,1-4H3. The summed E-state index contributed by atoms with van der Waals surface area (Å²) in [4.78, 5) is 10.8. The van der Waals surface area contributed by atoms with Gasteiger partial charge in [-0.3, -0.25) is 0 Å². The Morgan fingerprint density at radius 3 is 2.63 bits per heavy atom. The molecule has 0 N–H and O–H groups in total. The summed E-state index contributed by atoms with van der Waals surface area (Å²) in [6, 6.07) is 10.1. The van der Waals surface area contributed by atoms with Gasteiger partial charge in [-0.05, 0) is 56.2 Å². The van der Waals surface area contributed by atoms with Gasteiger partial charge in [0.1, 0.15) is 11.6 Å². The first-order valence-corrected chi connectivity index (χ1v) is 10.5. The minimum absolute atomic E-state index is 0.271. The summed E-state index contributed by atoms with van der Waals surface area (Å²) in [5, 5.41) is 0.897. The van der Waals surface area contributed by atoms with E-state index in [1.54, 1.807) is 30.6 Å². The lowest BCUT2D eigenvalue weighted by Gasteiger charge is -2.17. The van der Waals surface area contributed by atoms with Crippen LogP contribution in [0.3, 0.4) is 0 Å². The van der Waals surface area contributed by atoms with Gasteiger partial charge in [-0.25, -0.2) is 9.38 Å². The highest BCUT2D eigenvalue weighted by atomic mass is 35.5. The summed E-state index contributed by atoms with van der Waals surface area (Å²) in [6.45, 7) is 6.09. The summed E-state index contributed by atoms with van der Waals surface area (Å²) in [5.74, 6) is 0.842. The van der Waals surface area contributed by atoms with Gasteiger partial charge in [-0.1, -0.05) is 29.8 Å². The monoisotopic (exact) mass is 444 g/mol. The van der Waals surface area contributed by atoms with Crippen LogP contribution in [0.1, 0.15) is 30.8 Å². The molecule has 0 spiro atoms. The topological polar surface area (TPSA) is 50.6 Å². The van der Waals surface area contributed by atoms with Crippen molar-refractivity contribution in [3.63, 3.8) is 0 Å². The number of aliphatic imine (C=N–C) groups is 1. The van der Waals surface area contributed by atoms with Crippen LogP contribution in [0.5, 0.6) is 10.9 Å². The third-order valence-corrected chi connectivity index (χ3v) is 5.27. The van der Waals surface area contributed by atoms with Gasteiger partial charge in [0.2, 0.25) is 0 Å². The maximum absolute atomic E-state index is 13.0. The molecule has 0 saturated heterocycles. The van der Waals surface area contributed by atoms with Gasteiger partial charge in [0.25, 0.3) is 5.19 Å². The second kappa shape index (κ2) is 9.82. The summed E-state index contributed by atoms with van der Waals surface area (Å²) < 4.78 is 23.1. The van der Waals surface area contributed by atoms with Crippen molar-refractivity contribution in [2.75, 3.05) is 7.05 Å². The molecular weight excluding hydrogens is 423 g/mol. The average molecular weight is 445 g/mol. The first-order valence-electron chi connectivity index (χ1n) is 9.33. The van der Waals surface area contributed by atoms with E-state index in [2.05, 4.69) is 28.2 Å². The molecule has 0 radical (unpaired) electrons. The van der Waals surface area contributed by atoms with Crippen molar-refractivity contribution < 1.29 is 9.13 Å². The lowest BCUT2D eigenvalue weighted by atomic mass is 10.2. The summed E-state index contributed by atoms with van der Waals surface area (Å²) in [5.41, 5.74) is 2.42. The van der Waals surface area contributed by atoms with Crippen LogP contribution in [0.4, 0.5) is 10.1 Å². The Balaban J connectivity index is 1.71. The molecule has 3 rings (SSSR count). The number of aromatic nitrogens is 2. The molecule has 156 valence electrons. The predicted octanol–water partition coefficient (Wildman–Crippen LogP) is 6.60. The molecule has 2 aromatic carbocycles. The van der Waals surface area contributed by atoms with Gasteiger partial charge < -0.3 is 9.64 Å². The second-order valence-electron chi connectivity index (χ2n) is 6.98. The van der Waals surface area contributed by atoms with Gasteiger partial charge in [0, 0.05) is 30.7 Å². The van der Waals surface area contributed by atoms with Gasteiger partial charge in [-0.15, -0.1) is 0 Å². The molecule has 0 aliphatic heterocycles. The van der Waals surface area contributed by atoms with Crippen LogP contribution in [0, 0.1) is 12.7 Å². The van der Waals surface area contributed by atoms with E-state index in [1.165, 1.54) is 12.1 Å². The van der Waals surface area contributed by atoms with E-state index in [0.717, 1.165) is 22.7 Å². The van der Waals surface area contributed by atoms with Crippen molar-refractivity contribution in [2.24, 2.45) is 4.99 Å². The first-order chi connectivity index (χ1) is 14.3. The lowest BCUT2D eigenvalue weighted by molar-refractivity contribution is 0.429. The Bertz CT molecular complexity index is 1060. The second-order valence-corrected chi connectivity index (χ2v) is 8.10. The van der Waals surface area contributed by atoms with Gasteiger partial charge in [-0.2, -0.15) is 9.36 Å². The molecule has 0 unspecified atom stereocenters. The summed E-state index contributed by atoms with van der Waals surface area (Å²) in [6.07, 6.45) is 5.32. The third kappa shape index (κ3) is 5.87. The van der Waals surface area contributed by atoms with Gasteiger partial charge in [0.15, 0.2) is 5.82 Å². The Morgan fingerprint density at radius 2 is 1.93 bits per heavy atom. The maximum atomic E-state index is 13.0. The van der Waals surface area contributed by atoms with Crippen molar-refractivity contribution in [3.05, 3.63) is 64.2 Å². The van der Waals surface area contributed by atoms with Crippen LogP contribution < -0.4 is 4.74 Å². The van der Waals surface area contributed by atoms with E-state index in [4.69, 9.17) is 16.3 Å². The molecule has 0 aliphatic carbocycles. The highest BCUT2D eigenvalue weighted by Crippen LogP contribution is 2.35. The Kier molecular flexibility index (Phi) is 7.18. The highest BCUT2D eigenvalue weighted by molar-refractivity contribution is 7.07. The van der Waals surface area contributed by atoms with Crippen LogP contribution in [-0.2, 0) is 0 Å². The molecule has 0 atom stereocenters. The Hall–Kier alpha value is -2.77. The molecule has 0 fully saturated rings. The fourth-order valence-corrected chi connectivity index (χ4v) is 3.05. The van der Waals surface area contributed by atoms with E-state index < -0.39 is 0 Å². The fraction of sp³-hybridized carbons (Fsp3) is 0.227. The van der Waals surface area contributed by atoms with E-state index >= 15 is 0 Å². The molecule has 0 aliphatic rings. The number of ether oxygens (including phenoxy) is 1. The molecule has 3 aromatic rings. The number of nitrogens with zero attached hydrogens (tertiary/aromatic N) is 4. The SMILES string of the molecule is Cc1cc(N=CN(C)C(C)C)c(Cl)cc1Oc1nc(C=Cc2ccc(F)cc2)ns1. The third-order valence-electron chi connectivity index (χ3n) is 4.35. The van der Waals surface area contributed by atoms with Gasteiger partial charge in [0.05, 0.1) is 17.0 Å². The smallest absolute Gasteiger partial charge is 0.299 e. The van der Waals surface area contributed by atoms with E-state index in [0.29, 0.717) is 33.5 Å². The number of hydrogen-bond donors (Lipinski definition) is 0. The molecule has 8 heteroatoms. The largest absolute Gasteiger partial charge is 0.430 e. The van der Waals surface area contributed by atoms with Crippen LogP contribution >= 0.6 is 23.1 Å². The van der Waals surface area contributed by atoms with Gasteiger partial charge >= 0.3 is 0 Å². The summed E-state index contributed by atoms with van der Waals surface area (Å²) in [7, 11) is 1.96. The number of rotatable bonds is 7. The Morgan fingerprint density at radius 1 is 1.20 bits per heavy atom. The highest BCUT2D eigenvalue weighted by Gasteiger charge is 2.11. The number of hydrogen-bond acceptors (Lipinski definition) is 5. The molecule has 0 saturated carbocycles. The van der Waals surface area contributed by atoms with Crippen LogP contribution in [0.2, 0.25) is 5.02 Å². The lowest BCUT2D eigenvalue weighted by Crippen LogP contribution is -2.24. The molecule has 1 heterocycles. The van der Waals surface area contributed by atoms with Crippen LogP contribution in [-0.4, -0.2) is 33.7 Å². The molecular formula is C22H22ClFN4OS. The molecule has 0 bridgehead atoms. The number of halogens is 2. The normalized spacial score (nSPS) is 11.7. The zero-order chi connectivity index (χ0) is 21.7. The van der Waals surface area contributed by atoms with Crippen molar-refractivity contribution in [1.29, 1.82) is 0 Å². The minimum Gasteiger partial charge on any atom is -0.430 e. The molecule has 5 nitrogen and oxygen atoms in total. The fourth-order valence-electron chi connectivity index (χ4n) is 2.31. The molecule has 1 aromatic heterocycles. The zero-order valence-corrected chi connectivity index (χ0v) is 18.7. The molecule has 0 amide bonds. The van der Waals surface area contributed by atoms with E-state index in [1.807, 2.05) is 31.0 Å². The van der Waals surface area contributed by atoms with Crippen LogP contribution in [0.15, 0.2) is 41.4 Å². The predicted molar refractivity (Wildman–Crippen MR) is 123 cm³/mol. The zero-order valence-electron chi connectivity index (χ0n) is 17.1. The number of aryl methyl sites for hydroxylation is 1. The average Bonchev–Trinajstić information content (AvgIpc) is 3.16. The van der Waals surface area contributed by atoms with E-state index in [9.17, 15) is 4.39 Å². The Labute approximate surface area is 184 Å². The summed E-state index contributed by atoms with van der Waals surface area (Å²) >= 11 is 7.53. The first kappa shape index (κ1) is 21.9. The maximum Gasteiger partial charge on any atom is 0.299 e. The van der Waals surface area contributed by atoms with Crippen molar-refractivity contribution >= 4 is 47.3 Å². The van der Waals surface area contributed by atoms with Crippen molar-refractivity contribution in [2.45, 2.75) is 26.8 Å². The number of benzene rings is 2. The van der Waals surface area contributed by atoms with Crippen molar-refractivity contribution in [1.82, 2.24) is 14.3 Å². The van der Waals surface area contributed by atoms with E-state index in [-0.39, 0.29) is 5.82 Å². The minimum atomic E-state index is -0.271. The van der Waals surface area contributed by atoms with Crippen molar-refractivity contribution in [3.8, 4) is 10.9 Å². The quantitative estimate of drug-likeness (QED) is 0.304. The van der Waals surface area contributed by atoms with Crippen LogP contribution in [0.25, 0.3) is 12.2 Å². The molecule has 30 heavy (non-hydrogen) atoms.